The summed E-state index contributed by atoms with van der Waals surface area (Å²) in [5.41, 5.74) is -0.00240. The van der Waals surface area contributed by atoms with Crippen molar-refractivity contribution in [3.63, 3.8) is 0 Å². The third-order valence-corrected chi connectivity index (χ3v) is 5.17. The number of nitrogens with zero attached hydrogens (tertiary/aromatic N) is 1. The second-order valence-corrected chi connectivity index (χ2v) is 8.23. The van der Waals surface area contributed by atoms with E-state index in [0.29, 0.717) is 12.6 Å². The molecule has 1 saturated heterocycles. The van der Waals surface area contributed by atoms with Gasteiger partial charge >= 0.3 is 6.03 Å². The minimum Gasteiger partial charge on any atom is -0.464 e. The van der Waals surface area contributed by atoms with E-state index in [9.17, 15) is 4.79 Å². The van der Waals surface area contributed by atoms with Crippen molar-refractivity contribution in [1.29, 1.82) is 0 Å². The number of likely N-dealkylation sites (tertiary alicyclic amines) is 1. The largest absolute Gasteiger partial charge is 0.464 e. The molecule has 1 aromatic rings. The molecule has 0 radical (unpaired) electrons. The molecule has 2 heterocycles. The van der Waals surface area contributed by atoms with Crippen molar-refractivity contribution in [2.24, 2.45) is 0 Å². The van der Waals surface area contributed by atoms with Crippen LogP contribution in [0.3, 0.4) is 0 Å². The Hall–Kier alpha value is -1.49. The van der Waals surface area contributed by atoms with Gasteiger partial charge in [-0.1, -0.05) is 27.2 Å². The van der Waals surface area contributed by atoms with Crippen molar-refractivity contribution in [3.05, 3.63) is 23.7 Å². The molecule has 1 aromatic heterocycles. The SMILES string of the molecule is CC(C)(C)c1ccc(CNC(=O)N2CCC(NC3CCC3)CC2)o1. The van der Waals surface area contributed by atoms with Gasteiger partial charge in [0, 0.05) is 30.6 Å². The smallest absolute Gasteiger partial charge is 0.317 e. The molecule has 0 bridgehead atoms. The van der Waals surface area contributed by atoms with Gasteiger partial charge in [-0.3, -0.25) is 0 Å². The van der Waals surface area contributed by atoms with Gasteiger partial charge in [0.1, 0.15) is 11.5 Å². The summed E-state index contributed by atoms with van der Waals surface area (Å²) in [7, 11) is 0. The van der Waals surface area contributed by atoms with Gasteiger partial charge in [-0.05, 0) is 37.8 Å². The minimum atomic E-state index is -0.00240. The van der Waals surface area contributed by atoms with Crippen molar-refractivity contribution in [2.75, 3.05) is 13.1 Å². The molecule has 1 aliphatic heterocycles. The van der Waals surface area contributed by atoms with Crippen LogP contribution in [-0.4, -0.2) is 36.1 Å². The first-order valence-electron chi connectivity index (χ1n) is 9.30. The average molecular weight is 333 g/mol. The molecule has 5 heteroatoms. The van der Waals surface area contributed by atoms with Crippen LogP contribution in [0.15, 0.2) is 16.5 Å². The van der Waals surface area contributed by atoms with Gasteiger partial charge in [0.05, 0.1) is 6.54 Å². The Morgan fingerprint density at radius 2 is 1.83 bits per heavy atom. The molecule has 0 aromatic carbocycles. The number of urea groups is 1. The number of carbonyl (C=O) groups excluding carboxylic acids is 1. The second-order valence-electron chi connectivity index (χ2n) is 8.23. The van der Waals surface area contributed by atoms with Gasteiger partial charge in [-0.15, -0.1) is 0 Å². The van der Waals surface area contributed by atoms with E-state index < -0.39 is 0 Å². The lowest BCUT2D eigenvalue weighted by Gasteiger charge is -2.37. The number of hydrogen-bond acceptors (Lipinski definition) is 3. The molecule has 134 valence electrons. The topological polar surface area (TPSA) is 57.5 Å². The Morgan fingerprint density at radius 1 is 1.17 bits per heavy atom. The average Bonchev–Trinajstić information content (AvgIpc) is 2.98. The molecule has 5 nitrogen and oxygen atoms in total. The maximum Gasteiger partial charge on any atom is 0.317 e. The minimum absolute atomic E-state index is 0.00240. The first-order valence-corrected chi connectivity index (χ1v) is 9.30. The third kappa shape index (κ3) is 4.32. The van der Waals surface area contributed by atoms with E-state index in [1.165, 1.54) is 19.3 Å². The van der Waals surface area contributed by atoms with Gasteiger partial charge in [-0.2, -0.15) is 0 Å². The molecule has 0 unspecified atom stereocenters. The summed E-state index contributed by atoms with van der Waals surface area (Å²) in [6.07, 6.45) is 6.11. The lowest BCUT2D eigenvalue weighted by Crippen LogP contribution is -2.51. The van der Waals surface area contributed by atoms with E-state index in [1.807, 2.05) is 17.0 Å². The van der Waals surface area contributed by atoms with Crippen LogP contribution < -0.4 is 10.6 Å². The molecule has 0 spiro atoms. The number of furan rings is 1. The molecule has 1 saturated carbocycles. The molecule has 0 atom stereocenters. The number of hydrogen-bond donors (Lipinski definition) is 2. The van der Waals surface area contributed by atoms with E-state index in [1.54, 1.807) is 0 Å². The van der Waals surface area contributed by atoms with Gasteiger partial charge in [-0.25, -0.2) is 4.79 Å². The number of nitrogens with one attached hydrogen (secondary N) is 2. The van der Waals surface area contributed by atoms with E-state index in [-0.39, 0.29) is 11.4 Å². The number of rotatable bonds is 4. The molecule has 2 N–H and O–H groups in total. The normalized spacial score (nSPS) is 20.0. The molecule has 2 fully saturated rings. The van der Waals surface area contributed by atoms with Crippen LogP contribution in [0.5, 0.6) is 0 Å². The van der Waals surface area contributed by atoms with Gasteiger partial charge < -0.3 is 20.0 Å². The number of carbonyl (C=O) groups is 1. The monoisotopic (exact) mass is 333 g/mol. The molecular weight excluding hydrogens is 302 g/mol. The van der Waals surface area contributed by atoms with Gasteiger partial charge in [0.2, 0.25) is 0 Å². The van der Waals surface area contributed by atoms with E-state index in [0.717, 1.165) is 43.5 Å². The Bertz CT molecular complexity index is 549. The van der Waals surface area contributed by atoms with Gasteiger partial charge in [0.25, 0.3) is 0 Å². The fraction of sp³-hybridized carbons (Fsp3) is 0.737. The predicted octanol–water partition coefficient (Wildman–Crippen LogP) is 3.39. The maximum absolute atomic E-state index is 12.3. The Balaban J connectivity index is 1.40. The van der Waals surface area contributed by atoms with Crippen LogP contribution in [0, 0.1) is 0 Å². The third-order valence-electron chi connectivity index (χ3n) is 5.17. The first-order chi connectivity index (χ1) is 11.4. The second kappa shape index (κ2) is 7.18. The van der Waals surface area contributed by atoms with Crippen LogP contribution >= 0.6 is 0 Å². The molecule has 2 amide bonds. The highest BCUT2D eigenvalue weighted by molar-refractivity contribution is 5.74. The summed E-state index contributed by atoms with van der Waals surface area (Å²) < 4.78 is 5.82. The highest BCUT2D eigenvalue weighted by Crippen LogP contribution is 2.24. The highest BCUT2D eigenvalue weighted by Gasteiger charge is 2.26. The zero-order valence-corrected chi connectivity index (χ0v) is 15.2. The summed E-state index contributed by atoms with van der Waals surface area (Å²) in [5, 5.41) is 6.70. The van der Waals surface area contributed by atoms with Crippen molar-refractivity contribution in [3.8, 4) is 0 Å². The van der Waals surface area contributed by atoms with Crippen LogP contribution in [0.25, 0.3) is 0 Å². The van der Waals surface area contributed by atoms with E-state index in [2.05, 4.69) is 31.4 Å². The summed E-state index contributed by atoms with van der Waals surface area (Å²) in [5.74, 6) is 1.77. The molecule has 2 aliphatic rings. The summed E-state index contributed by atoms with van der Waals surface area (Å²) in [6, 6.07) is 5.28. The molecular formula is C19H31N3O2. The maximum atomic E-state index is 12.3. The predicted molar refractivity (Wildman–Crippen MR) is 95.0 cm³/mol. The molecule has 3 rings (SSSR count). The van der Waals surface area contributed by atoms with Crippen LogP contribution in [-0.2, 0) is 12.0 Å². The molecule has 1 aliphatic carbocycles. The van der Waals surface area contributed by atoms with Crippen molar-refractivity contribution in [2.45, 2.75) is 76.9 Å². The fourth-order valence-corrected chi connectivity index (χ4v) is 3.31. The lowest BCUT2D eigenvalue weighted by atomic mass is 9.91. The van der Waals surface area contributed by atoms with E-state index >= 15 is 0 Å². The Labute approximate surface area is 145 Å². The zero-order chi connectivity index (χ0) is 17.2. The van der Waals surface area contributed by atoms with Gasteiger partial charge in [0.15, 0.2) is 0 Å². The Kier molecular flexibility index (Phi) is 5.18. The van der Waals surface area contributed by atoms with Crippen LogP contribution in [0.2, 0.25) is 0 Å². The van der Waals surface area contributed by atoms with Crippen LogP contribution in [0.4, 0.5) is 4.79 Å². The standard InChI is InChI=1S/C19H31N3O2/c1-19(2,3)17-8-7-16(24-17)13-20-18(23)22-11-9-15(10-12-22)21-14-5-4-6-14/h7-8,14-15,21H,4-6,9-13H2,1-3H3,(H,20,23). The van der Waals surface area contributed by atoms with E-state index in [4.69, 9.17) is 4.42 Å². The summed E-state index contributed by atoms with van der Waals surface area (Å²) in [4.78, 5) is 14.2. The number of amides is 2. The summed E-state index contributed by atoms with van der Waals surface area (Å²) in [6.45, 7) is 8.49. The lowest BCUT2D eigenvalue weighted by molar-refractivity contribution is 0.167. The molecule has 24 heavy (non-hydrogen) atoms. The fourth-order valence-electron chi connectivity index (χ4n) is 3.31. The zero-order valence-electron chi connectivity index (χ0n) is 15.2. The number of piperidine rings is 1. The van der Waals surface area contributed by atoms with Crippen molar-refractivity contribution < 1.29 is 9.21 Å². The van der Waals surface area contributed by atoms with Crippen molar-refractivity contribution in [1.82, 2.24) is 15.5 Å². The Morgan fingerprint density at radius 3 is 2.38 bits per heavy atom. The highest BCUT2D eigenvalue weighted by atomic mass is 16.3. The van der Waals surface area contributed by atoms with Crippen LogP contribution in [0.1, 0.15) is 64.4 Å². The summed E-state index contributed by atoms with van der Waals surface area (Å²) >= 11 is 0. The van der Waals surface area contributed by atoms with Crippen molar-refractivity contribution >= 4 is 6.03 Å². The first kappa shape index (κ1) is 17.3. The quantitative estimate of drug-likeness (QED) is 0.888.